The highest BCUT2D eigenvalue weighted by atomic mass is 16.5. The number of pyridine rings is 1. The van der Waals surface area contributed by atoms with E-state index >= 15 is 0 Å². The van der Waals surface area contributed by atoms with E-state index in [0.29, 0.717) is 23.1 Å². The van der Waals surface area contributed by atoms with Crippen molar-refractivity contribution in [1.82, 2.24) is 25.3 Å². The largest absolute Gasteiger partial charge is 0.340 e. The van der Waals surface area contributed by atoms with Gasteiger partial charge in [0.1, 0.15) is 5.56 Å². The first-order chi connectivity index (χ1) is 9.22. The molecule has 19 heavy (non-hydrogen) atoms. The number of aryl methyl sites for hydroxylation is 1. The van der Waals surface area contributed by atoms with Crippen LogP contribution in [-0.2, 0) is 6.42 Å². The normalized spacial score (nSPS) is 10.8. The van der Waals surface area contributed by atoms with E-state index in [2.05, 4.69) is 25.3 Å². The standard InChI is InChI=1S/C11H9N5O3/c1-6-13-8(15-18-6)5-9-14-11(19-16-9)7-3-2-4-12-10(7)17/h2-4H,5H2,1H3,(H,12,17). The van der Waals surface area contributed by atoms with Crippen LogP contribution in [0.5, 0.6) is 0 Å². The number of hydrogen-bond donors (Lipinski definition) is 1. The Kier molecular flexibility index (Phi) is 2.67. The van der Waals surface area contributed by atoms with Gasteiger partial charge in [-0.1, -0.05) is 10.3 Å². The summed E-state index contributed by atoms with van der Waals surface area (Å²) < 4.78 is 9.89. The van der Waals surface area contributed by atoms with Crippen molar-refractivity contribution in [3.8, 4) is 11.5 Å². The van der Waals surface area contributed by atoms with E-state index in [-0.39, 0.29) is 17.9 Å². The highest BCUT2D eigenvalue weighted by Gasteiger charge is 2.14. The maximum absolute atomic E-state index is 11.6. The van der Waals surface area contributed by atoms with Crippen molar-refractivity contribution in [3.63, 3.8) is 0 Å². The van der Waals surface area contributed by atoms with Crippen LogP contribution < -0.4 is 5.56 Å². The van der Waals surface area contributed by atoms with Crippen molar-refractivity contribution < 1.29 is 9.05 Å². The molecule has 1 N–H and O–H groups in total. The van der Waals surface area contributed by atoms with Gasteiger partial charge < -0.3 is 14.0 Å². The van der Waals surface area contributed by atoms with Crippen LogP contribution in [0.3, 0.4) is 0 Å². The first-order valence-corrected chi connectivity index (χ1v) is 5.52. The van der Waals surface area contributed by atoms with Crippen molar-refractivity contribution >= 4 is 0 Å². The van der Waals surface area contributed by atoms with Gasteiger partial charge in [0.05, 0.1) is 6.42 Å². The van der Waals surface area contributed by atoms with Crippen molar-refractivity contribution in [2.75, 3.05) is 0 Å². The highest BCUT2D eigenvalue weighted by Crippen LogP contribution is 2.12. The smallest absolute Gasteiger partial charge is 0.263 e. The number of aromatic amines is 1. The molecule has 0 aromatic carbocycles. The van der Waals surface area contributed by atoms with Crippen LogP contribution in [-0.4, -0.2) is 25.3 Å². The summed E-state index contributed by atoms with van der Waals surface area (Å²) in [6, 6.07) is 3.29. The van der Waals surface area contributed by atoms with Gasteiger partial charge >= 0.3 is 0 Å². The Bertz CT molecular complexity index is 757. The molecule has 0 unspecified atom stereocenters. The molecule has 0 bridgehead atoms. The van der Waals surface area contributed by atoms with Gasteiger partial charge in [0.15, 0.2) is 11.6 Å². The van der Waals surface area contributed by atoms with Gasteiger partial charge in [0.25, 0.3) is 11.4 Å². The van der Waals surface area contributed by atoms with E-state index < -0.39 is 0 Å². The molecular formula is C11H9N5O3. The Morgan fingerprint density at radius 2 is 2.00 bits per heavy atom. The molecule has 0 fully saturated rings. The van der Waals surface area contributed by atoms with E-state index in [4.69, 9.17) is 9.05 Å². The molecule has 3 rings (SSSR count). The summed E-state index contributed by atoms with van der Waals surface area (Å²) in [4.78, 5) is 22.3. The Labute approximate surface area is 106 Å². The molecule has 8 nitrogen and oxygen atoms in total. The Morgan fingerprint density at radius 3 is 2.74 bits per heavy atom. The lowest BCUT2D eigenvalue weighted by molar-refractivity contribution is 0.387. The Morgan fingerprint density at radius 1 is 1.21 bits per heavy atom. The summed E-state index contributed by atoms with van der Waals surface area (Å²) in [6.45, 7) is 1.70. The van der Waals surface area contributed by atoms with E-state index in [1.165, 1.54) is 6.20 Å². The third kappa shape index (κ3) is 2.28. The molecule has 0 aliphatic rings. The molecule has 0 amide bonds. The van der Waals surface area contributed by atoms with Crippen molar-refractivity contribution in [1.29, 1.82) is 0 Å². The fourth-order valence-corrected chi connectivity index (χ4v) is 1.58. The average molecular weight is 259 g/mol. The third-order valence-corrected chi connectivity index (χ3v) is 2.40. The molecule has 0 aliphatic heterocycles. The average Bonchev–Trinajstić information content (AvgIpc) is 3.00. The van der Waals surface area contributed by atoms with Gasteiger partial charge in [-0.3, -0.25) is 4.79 Å². The quantitative estimate of drug-likeness (QED) is 0.737. The van der Waals surface area contributed by atoms with Crippen LogP contribution >= 0.6 is 0 Å². The van der Waals surface area contributed by atoms with Crippen molar-refractivity contribution in [2.45, 2.75) is 13.3 Å². The lowest BCUT2D eigenvalue weighted by Gasteiger charge is -1.89. The number of rotatable bonds is 3. The van der Waals surface area contributed by atoms with Gasteiger partial charge in [-0.2, -0.15) is 9.97 Å². The molecule has 0 saturated heterocycles. The zero-order valence-electron chi connectivity index (χ0n) is 9.95. The summed E-state index contributed by atoms with van der Waals surface area (Å²) in [6.07, 6.45) is 1.82. The van der Waals surface area contributed by atoms with Crippen LogP contribution in [0.2, 0.25) is 0 Å². The predicted molar refractivity (Wildman–Crippen MR) is 62.2 cm³/mol. The number of nitrogens with one attached hydrogen (secondary N) is 1. The third-order valence-electron chi connectivity index (χ3n) is 2.40. The van der Waals surface area contributed by atoms with Gasteiger partial charge in [0, 0.05) is 13.1 Å². The lowest BCUT2D eigenvalue weighted by Crippen LogP contribution is -2.07. The van der Waals surface area contributed by atoms with Crippen LogP contribution in [0.1, 0.15) is 17.5 Å². The van der Waals surface area contributed by atoms with E-state index in [1.807, 2.05) is 0 Å². The molecule has 0 aliphatic carbocycles. The van der Waals surface area contributed by atoms with Crippen molar-refractivity contribution in [3.05, 3.63) is 46.2 Å². The maximum atomic E-state index is 11.6. The number of nitrogens with zero attached hydrogens (tertiary/aromatic N) is 4. The maximum Gasteiger partial charge on any atom is 0.263 e. The molecule has 3 aromatic heterocycles. The molecule has 3 aromatic rings. The van der Waals surface area contributed by atoms with Crippen LogP contribution in [0.15, 0.2) is 32.2 Å². The Balaban J connectivity index is 1.88. The van der Waals surface area contributed by atoms with Crippen LogP contribution in [0, 0.1) is 6.92 Å². The first kappa shape index (κ1) is 11.3. The lowest BCUT2D eigenvalue weighted by atomic mass is 10.3. The molecule has 96 valence electrons. The first-order valence-electron chi connectivity index (χ1n) is 5.52. The zero-order valence-corrected chi connectivity index (χ0v) is 9.95. The molecule has 8 heteroatoms. The second-order valence-corrected chi connectivity index (χ2v) is 3.84. The number of hydrogen-bond acceptors (Lipinski definition) is 7. The molecular weight excluding hydrogens is 250 g/mol. The number of H-pyrrole nitrogens is 1. The molecule has 3 heterocycles. The van der Waals surface area contributed by atoms with Crippen molar-refractivity contribution in [2.24, 2.45) is 0 Å². The van der Waals surface area contributed by atoms with E-state index in [9.17, 15) is 4.79 Å². The minimum Gasteiger partial charge on any atom is -0.340 e. The molecule has 0 radical (unpaired) electrons. The van der Waals surface area contributed by atoms with E-state index in [1.54, 1.807) is 19.1 Å². The topological polar surface area (TPSA) is 111 Å². The fourth-order valence-electron chi connectivity index (χ4n) is 1.58. The minimum atomic E-state index is -0.284. The Hall–Kier alpha value is -2.77. The summed E-state index contributed by atoms with van der Waals surface area (Å²) >= 11 is 0. The predicted octanol–water partition coefficient (Wildman–Crippen LogP) is 0.707. The zero-order chi connectivity index (χ0) is 13.2. The van der Waals surface area contributed by atoms with Crippen LogP contribution in [0.25, 0.3) is 11.5 Å². The fraction of sp³-hybridized carbons (Fsp3) is 0.182. The summed E-state index contributed by atoms with van der Waals surface area (Å²) in [5.41, 5.74) is 0.0404. The summed E-state index contributed by atoms with van der Waals surface area (Å²) in [5.74, 6) is 1.49. The van der Waals surface area contributed by atoms with E-state index in [0.717, 1.165) is 0 Å². The second kappa shape index (κ2) is 4.48. The second-order valence-electron chi connectivity index (χ2n) is 3.84. The monoisotopic (exact) mass is 259 g/mol. The SMILES string of the molecule is Cc1nc(Cc2noc(-c3ccc[nH]c3=O)n2)no1. The van der Waals surface area contributed by atoms with Gasteiger partial charge in [-0.15, -0.1) is 0 Å². The van der Waals surface area contributed by atoms with Gasteiger partial charge in [-0.25, -0.2) is 0 Å². The van der Waals surface area contributed by atoms with Gasteiger partial charge in [0.2, 0.25) is 5.89 Å². The van der Waals surface area contributed by atoms with Gasteiger partial charge in [-0.05, 0) is 12.1 Å². The molecule has 0 saturated carbocycles. The molecule has 0 atom stereocenters. The van der Waals surface area contributed by atoms with Crippen LogP contribution in [0.4, 0.5) is 0 Å². The minimum absolute atomic E-state index is 0.164. The highest BCUT2D eigenvalue weighted by molar-refractivity contribution is 5.50. The summed E-state index contributed by atoms with van der Waals surface area (Å²) in [5, 5.41) is 7.51. The summed E-state index contributed by atoms with van der Waals surface area (Å²) in [7, 11) is 0. The number of aromatic nitrogens is 5. The molecule has 0 spiro atoms.